The molecule has 0 unspecified atom stereocenters. The fourth-order valence-electron chi connectivity index (χ4n) is 4.15. The van der Waals surface area contributed by atoms with Crippen molar-refractivity contribution in [1.82, 2.24) is 4.90 Å². The molecule has 5 heteroatoms. The van der Waals surface area contributed by atoms with Crippen molar-refractivity contribution in [2.75, 3.05) is 26.8 Å². The van der Waals surface area contributed by atoms with Gasteiger partial charge in [0.2, 0.25) is 0 Å². The predicted molar refractivity (Wildman–Crippen MR) is 94.8 cm³/mol. The zero-order valence-corrected chi connectivity index (χ0v) is 14.7. The molecule has 1 saturated carbocycles. The third-order valence-electron chi connectivity index (χ3n) is 5.48. The van der Waals surface area contributed by atoms with E-state index in [2.05, 4.69) is 5.92 Å². The smallest absolute Gasteiger partial charge is 0.254 e. The van der Waals surface area contributed by atoms with Crippen LogP contribution in [0.1, 0.15) is 42.5 Å². The number of aliphatic hydroxyl groups excluding tert-OH is 1. The molecule has 1 aromatic carbocycles. The summed E-state index contributed by atoms with van der Waals surface area (Å²) in [6.07, 6.45) is 9.75. The number of carbonyl (C=O) groups excluding carboxylic acids is 1. The van der Waals surface area contributed by atoms with Gasteiger partial charge in [-0.1, -0.05) is 12.3 Å². The van der Waals surface area contributed by atoms with E-state index < -0.39 is 0 Å². The number of terminal acetylenes is 1. The molecule has 3 rings (SSSR count). The molecular formula is C20H25NO4. The molecule has 1 N–H and O–H groups in total. The molecule has 1 aromatic rings. The van der Waals surface area contributed by atoms with Crippen LogP contribution in [0.5, 0.6) is 11.5 Å². The van der Waals surface area contributed by atoms with Gasteiger partial charge in [-0.3, -0.25) is 4.79 Å². The minimum absolute atomic E-state index is 0.0358. The lowest BCUT2D eigenvalue weighted by Crippen LogP contribution is -2.49. The molecule has 2 fully saturated rings. The number of rotatable bonds is 4. The van der Waals surface area contributed by atoms with Crippen molar-refractivity contribution in [2.24, 2.45) is 5.41 Å². The molecule has 1 aliphatic carbocycles. The number of methoxy groups -OCH3 is 1. The Hall–Kier alpha value is -2.19. The highest BCUT2D eigenvalue weighted by Crippen LogP contribution is 2.45. The van der Waals surface area contributed by atoms with E-state index in [-0.39, 0.29) is 24.0 Å². The number of nitrogens with zero attached hydrogens (tertiary/aromatic N) is 1. The van der Waals surface area contributed by atoms with E-state index in [1.54, 1.807) is 25.3 Å². The van der Waals surface area contributed by atoms with Gasteiger partial charge in [-0.15, -0.1) is 6.42 Å². The van der Waals surface area contributed by atoms with Gasteiger partial charge in [-0.25, -0.2) is 0 Å². The van der Waals surface area contributed by atoms with Crippen LogP contribution in [0.25, 0.3) is 0 Å². The Balaban J connectivity index is 1.79. The summed E-state index contributed by atoms with van der Waals surface area (Å²) in [5.74, 6) is 3.40. The molecule has 1 amide bonds. The molecule has 1 saturated heterocycles. The number of amides is 1. The summed E-state index contributed by atoms with van der Waals surface area (Å²) in [6.45, 7) is 1.46. The summed E-state index contributed by atoms with van der Waals surface area (Å²) < 4.78 is 10.8. The number of hydrogen-bond acceptors (Lipinski definition) is 4. The number of carbonyl (C=O) groups is 1. The maximum Gasteiger partial charge on any atom is 0.254 e. The first kappa shape index (κ1) is 17.6. The molecule has 0 bridgehead atoms. The van der Waals surface area contributed by atoms with Crippen LogP contribution in [-0.2, 0) is 0 Å². The minimum Gasteiger partial charge on any atom is -0.493 e. The molecule has 1 aliphatic heterocycles. The standard InChI is InChI=1S/C20H25NO4/c1-3-12-25-17-13-15(7-8-16(17)24-2)19(23)21-11-5-10-20(14-21)9-4-6-18(20)22/h1,7-8,13,18,22H,4-6,9-12,14H2,2H3/t18-,20-/m1/s1. The topological polar surface area (TPSA) is 59.0 Å². The zero-order valence-electron chi connectivity index (χ0n) is 14.7. The molecule has 2 aliphatic rings. The fraction of sp³-hybridized carbons (Fsp3) is 0.550. The molecular weight excluding hydrogens is 318 g/mol. The van der Waals surface area contributed by atoms with E-state index >= 15 is 0 Å². The van der Waals surface area contributed by atoms with Crippen LogP contribution in [-0.4, -0.2) is 48.8 Å². The number of likely N-dealkylation sites (tertiary alicyclic amines) is 1. The number of benzene rings is 1. The average Bonchev–Trinajstić information content (AvgIpc) is 2.98. The van der Waals surface area contributed by atoms with Crippen molar-refractivity contribution < 1.29 is 19.4 Å². The van der Waals surface area contributed by atoms with Crippen LogP contribution in [0.3, 0.4) is 0 Å². The first-order chi connectivity index (χ1) is 12.1. The van der Waals surface area contributed by atoms with E-state index in [4.69, 9.17) is 15.9 Å². The van der Waals surface area contributed by atoms with Crippen LogP contribution in [0.4, 0.5) is 0 Å². The normalized spacial score (nSPS) is 25.6. The number of aliphatic hydroxyl groups is 1. The summed E-state index contributed by atoms with van der Waals surface area (Å²) in [4.78, 5) is 14.8. The van der Waals surface area contributed by atoms with Gasteiger partial charge in [0.05, 0.1) is 13.2 Å². The monoisotopic (exact) mass is 343 g/mol. The van der Waals surface area contributed by atoms with Gasteiger partial charge in [0.1, 0.15) is 6.61 Å². The van der Waals surface area contributed by atoms with Crippen molar-refractivity contribution in [1.29, 1.82) is 0 Å². The maximum atomic E-state index is 13.0. The predicted octanol–water partition coefficient (Wildman–Crippen LogP) is 2.47. The average molecular weight is 343 g/mol. The van der Waals surface area contributed by atoms with Gasteiger partial charge in [0.25, 0.3) is 5.91 Å². The summed E-state index contributed by atoms with van der Waals surface area (Å²) >= 11 is 0. The Labute approximate surface area is 148 Å². The first-order valence-corrected chi connectivity index (χ1v) is 8.81. The van der Waals surface area contributed by atoms with Crippen molar-refractivity contribution in [2.45, 2.75) is 38.2 Å². The quantitative estimate of drug-likeness (QED) is 0.854. The molecule has 1 heterocycles. The van der Waals surface area contributed by atoms with Crippen LogP contribution in [0.15, 0.2) is 18.2 Å². The molecule has 0 radical (unpaired) electrons. The fourth-order valence-corrected chi connectivity index (χ4v) is 4.15. The number of ether oxygens (including phenoxy) is 2. The minimum atomic E-state index is -0.298. The van der Waals surface area contributed by atoms with Crippen LogP contribution in [0.2, 0.25) is 0 Å². The Kier molecular flexibility index (Phi) is 5.19. The second-order valence-electron chi connectivity index (χ2n) is 6.96. The summed E-state index contributed by atoms with van der Waals surface area (Å²) in [7, 11) is 1.55. The van der Waals surface area contributed by atoms with Crippen LogP contribution < -0.4 is 9.47 Å². The van der Waals surface area contributed by atoms with Gasteiger partial charge in [-0.2, -0.15) is 0 Å². The van der Waals surface area contributed by atoms with Crippen LogP contribution in [0, 0.1) is 17.8 Å². The van der Waals surface area contributed by atoms with Crippen molar-refractivity contribution >= 4 is 5.91 Å². The van der Waals surface area contributed by atoms with Crippen LogP contribution >= 0.6 is 0 Å². The Morgan fingerprint density at radius 2 is 2.20 bits per heavy atom. The van der Waals surface area contributed by atoms with Crippen molar-refractivity contribution in [3.05, 3.63) is 23.8 Å². The molecule has 0 aromatic heterocycles. The van der Waals surface area contributed by atoms with Gasteiger partial charge in [0.15, 0.2) is 11.5 Å². The third-order valence-corrected chi connectivity index (χ3v) is 5.48. The molecule has 2 atom stereocenters. The zero-order chi connectivity index (χ0) is 17.9. The highest BCUT2D eigenvalue weighted by atomic mass is 16.5. The van der Waals surface area contributed by atoms with Gasteiger partial charge in [0, 0.05) is 24.1 Å². The van der Waals surface area contributed by atoms with Crippen molar-refractivity contribution in [3.8, 4) is 23.8 Å². The molecule has 1 spiro atoms. The maximum absolute atomic E-state index is 13.0. The van der Waals surface area contributed by atoms with E-state index in [9.17, 15) is 9.90 Å². The Bertz CT molecular complexity index is 681. The SMILES string of the molecule is C#CCOc1cc(C(=O)N2CCC[C@]3(CCC[C@H]3O)C2)ccc1OC. The summed E-state index contributed by atoms with van der Waals surface area (Å²) in [6, 6.07) is 5.16. The largest absolute Gasteiger partial charge is 0.493 e. The summed E-state index contributed by atoms with van der Waals surface area (Å²) in [5, 5.41) is 10.4. The Morgan fingerprint density at radius 3 is 2.88 bits per heavy atom. The Morgan fingerprint density at radius 1 is 1.40 bits per heavy atom. The molecule has 25 heavy (non-hydrogen) atoms. The number of piperidine rings is 1. The summed E-state index contributed by atoms with van der Waals surface area (Å²) in [5.41, 5.74) is 0.431. The lowest BCUT2D eigenvalue weighted by Gasteiger charge is -2.42. The van der Waals surface area contributed by atoms with Crippen molar-refractivity contribution in [3.63, 3.8) is 0 Å². The lowest BCUT2D eigenvalue weighted by molar-refractivity contribution is -0.00537. The second kappa shape index (κ2) is 7.37. The first-order valence-electron chi connectivity index (χ1n) is 8.81. The lowest BCUT2D eigenvalue weighted by atomic mass is 9.76. The van der Waals surface area contributed by atoms with E-state index in [1.807, 2.05) is 4.90 Å². The number of hydrogen-bond donors (Lipinski definition) is 1. The van der Waals surface area contributed by atoms with E-state index in [0.717, 1.165) is 38.6 Å². The highest BCUT2D eigenvalue weighted by Gasteiger charge is 2.45. The van der Waals surface area contributed by atoms with E-state index in [1.165, 1.54) is 0 Å². The highest BCUT2D eigenvalue weighted by molar-refractivity contribution is 5.95. The van der Waals surface area contributed by atoms with E-state index in [0.29, 0.717) is 23.6 Å². The molecule has 134 valence electrons. The van der Waals surface area contributed by atoms with Gasteiger partial charge in [-0.05, 0) is 43.9 Å². The second-order valence-corrected chi connectivity index (χ2v) is 6.96. The third kappa shape index (κ3) is 3.45. The molecule has 5 nitrogen and oxygen atoms in total. The van der Waals surface area contributed by atoms with Gasteiger partial charge < -0.3 is 19.5 Å². The van der Waals surface area contributed by atoms with Gasteiger partial charge >= 0.3 is 0 Å².